The number of nitrogens with zero attached hydrogens (tertiary/aromatic N) is 2. The van der Waals surface area contributed by atoms with Crippen LogP contribution >= 0.6 is 11.3 Å². The summed E-state index contributed by atoms with van der Waals surface area (Å²) >= 11 is 1.50. The highest BCUT2D eigenvalue weighted by atomic mass is 32.1. The molecule has 0 aliphatic carbocycles. The van der Waals surface area contributed by atoms with Crippen LogP contribution in [0, 0.1) is 0 Å². The minimum Gasteiger partial charge on any atom is -0.444 e. The summed E-state index contributed by atoms with van der Waals surface area (Å²) in [4.78, 5) is 18.7. The lowest BCUT2D eigenvalue weighted by atomic mass is 9.94. The largest absolute Gasteiger partial charge is 0.444 e. The summed E-state index contributed by atoms with van der Waals surface area (Å²) in [5.41, 5.74) is 3.23. The molecular weight excluding hydrogens is 386 g/mol. The van der Waals surface area contributed by atoms with Crippen molar-refractivity contribution in [3.63, 3.8) is 0 Å². The van der Waals surface area contributed by atoms with E-state index >= 15 is 0 Å². The van der Waals surface area contributed by atoms with Crippen molar-refractivity contribution in [2.24, 2.45) is 0 Å². The van der Waals surface area contributed by atoms with E-state index in [9.17, 15) is 9.90 Å². The molecule has 7 heteroatoms. The Kier molecular flexibility index (Phi) is 5.19. The third-order valence-electron chi connectivity index (χ3n) is 4.81. The summed E-state index contributed by atoms with van der Waals surface area (Å²) in [6.07, 6.45) is -0.508. The zero-order chi connectivity index (χ0) is 20.6. The number of hydrogen-bond donors (Lipinski definition) is 2. The number of aliphatic hydroxyl groups is 1. The first kappa shape index (κ1) is 19.7. The number of carbonyl (C=O) groups is 1. The fourth-order valence-electron chi connectivity index (χ4n) is 3.47. The van der Waals surface area contributed by atoms with Gasteiger partial charge in [0.05, 0.1) is 10.2 Å². The summed E-state index contributed by atoms with van der Waals surface area (Å²) in [6, 6.07) is 13.8. The number of ether oxygens (including phenoxy) is 1. The SMILES string of the molecule is CC(C)(C)OC(=O)N1CCc2cccc(C(O)Nc3nc4ccccc4s3)c2C1. The summed E-state index contributed by atoms with van der Waals surface area (Å²) in [7, 11) is 0. The lowest BCUT2D eigenvalue weighted by Crippen LogP contribution is -2.40. The maximum absolute atomic E-state index is 12.5. The molecule has 2 aromatic carbocycles. The van der Waals surface area contributed by atoms with Gasteiger partial charge in [-0.1, -0.05) is 41.7 Å². The molecule has 0 saturated heterocycles. The number of fused-ring (bicyclic) bond motifs is 2. The second-order valence-corrected chi connectivity index (χ2v) is 9.20. The van der Waals surface area contributed by atoms with E-state index in [1.54, 1.807) is 4.90 Å². The Bertz CT molecular complexity index is 1010. The smallest absolute Gasteiger partial charge is 0.410 e. The van der Waals surface area contributed by atoms with Crippen molar-refractivity contribution in [2.45, 2.75) is 45.6 Å². The van der Waals surface area contributed by atoms with Gasteiger partial charge < -0.3 is 20.1 Å². The summed E-state index contributed by atoms with van der Waals surface area (Å²) in [5, 5.41) is 14.7. The highest BCUT2D eigenvalue weighted by Crippen LogP contribution is 2.31. The maximum atomic E-state index is 12.5. The molecule has 0 radical (unpaired) electrons. The molecule has 1 unspecified atom stereocenters. The monoisotopic (exact) mass is 411 g/mol. The van der Waals surface area contributed by atoms with Gasteiger partial charge in [-0.05, 0) is 50.5 Å². The number of aromatic nitrogens is 1. The first-order chi connectivity index (χ1) is 13.8. The van der Waals surface area contributed by atoms with Gasteiger partial charge in [0.25, 0.3) is 0 Å². The number of anilines is 1. The number of para-hydroxylation sites is 1. The van der Waals surface area contributed by atoms with Crippen molar-refractivity contribution in [1.82, 2.24) is 9.88 Å². The Morgan fingerprint density at radius 3 is 2.79 bits per heavy atom. The van der Waals surface area contributed by atoms with Crippen LogP contribution < -0.4 is 5.32 Å². The number of aliphatic hydroxyl groups excluding tert-OH is 1. The minimum absolute atomic E-state index is 0.327. The van der Waals surface area contributed by atoms with E-state index in [-0.39, 0.29) is 6.09 Å². The summed E-state index contributed by atoms with van der Waals surface area (Å²) in [6.45, 7) is 6.60. The number of carbonyl (C=O) groups excluding carboxylic acids is 1. The van der Waals surface area contributed by atoms with Gasteiger partial charge in [-0.3, -0.25) is 0 Å². The first-order valence-corrected chi connectivity index (χ1v) is 10.5. The van der Waals surface area contributed by atoms with E-state index in [0.29, 0.717) is 18.2 Å². The summed E-state index contributed by atoms with van der Waals surface area (Å²) < 4.78 is 6.59. The van der Waals surface area contributed by atoms with Gasteiger partial charge in [0.1, 0.15) is 5.60 Å². The molecule has 152 valence electrons. The number of nitrogens with one attached hydrogen (secondary N) is 1. The summed E-state index contributed by atoms with van der Waals surface area (Å²) in [5.74, 6) is 0. The van der Waals surface area contributed by atoms with Crippen LogP contribution in [-0.4, -0.2) is 33.2 Å². The van der Waals surface area contributed by atoms with E-state index in [0.717, 1.165) is 33.3 Å². The molecular formula is C22H25N3O3S. The zero-order valence-corrected chi connectivity index (χ0v) is 17.6. The Balaban J connectivity index is 1.55. The van der Waals surface area contributed by atoms with Crippen molar-refractivity contribution in [1.29, 1.82) is 0 Å². The Hall–Kier alpha value is -2.64. The van der Waals surface area contributed by atoms with Gasteiger partial charge >= 0.3 is 6.09 Å². The molecule has 1 atom stereocenters. The Labute approximate surface area is 174 Å². The van der Waals surface area contributed by atoms with Crippen LogP contribution in [0.15, 0.2) is 42.5 Å². The molecule has 0 bridgehead atoms. The zero-order valence-electron chi connectivity index (χ0n) is 16.8. The lowest BCUT2D eigenvalue weighted by molar-refractivity contribution is 0.0221. The van der Waals surface area contributed by atoms with Gasteiger partial charge in [0.2, 0.25) is 0 Å². The third kappa shape index (κ3) is 4.36. The van der Waals surface area contributed by atoms with Gasteiger partial charge in [-0.15, -0.1) is 0 Å². The number of rotatable bonds is 3. The highest BCUT2D eigenvalue weighted by molar-refractivity contribution is 7.22. The topological polar surface area (TPSA) is 74.7 Å². The molecule has 1 aromatic heterocycles. The lowest BCUT2D eigenvalue weighted by Gasteiger charge is -2.33. The van der Waals surface area contributed by atoms with Crippen LogP contribution in [0.5, 0.6) is 0 Å². The normalized spacial score (nSPS) is 15.1. The van der Waals surface area contributed by atoms with Crippen molar-refractivity contribution in [3.8, 4) is 0 Å². The van der Waals surface area contributed by atoms with Crippen LogP contribution in [0.25, 0.3) is 10.2 Å². The molecule has 0 fully saturated rings. The average Bonchev–Trinajstić information content (AvgIpc) is 3.08. The fraction of sp³-hybridized carbons (Fsp3) is 0.364. The molecule has 6 nitrogen and oxygen atoms in total. The van der Waals surface area contributed by atoms with E-state index in [1.165, 1.54) is 11.3 Å². The van der Waals surface area contributed by atoms with E-state index < -0.39 is 11.8 Å². The standard InChI is InChI=1S/C22H25N3O3S/c1-22(2,3)28-21(27)25-12-11-14-7-6-8-15(16(14)13-25)19(26)24-20-23-17-9-4-5-10-18(17)29-20/h4-10,19,26H,11-13H2,1-3H3,(H,23,24). The first-order valence-electron chi connectivity index (χ1n) is 9.69. The fourth-order valence-corrected chi connectivity index (χ4v) is 4.36. The Morgan fingerprint density at radius 2 is 2.03 bits per heavy atom. The molecule has 1 aliphatic rings. The predicted molar refractivity (Wildman–Crippen MR) is 115 cm³/mol. The predicted octanol–water partition coefficient (Wildman–Crippen LogP) is 4.69. The maximum Gasteiger partial charge on any atom is 0.410 e. The number of hydrogen-bond acceptors (Lipinski definition) is 6. The van der Waals surface area contributed by atoms with Crippen molar-refractivity contribution in [2.75, 3.05) is 11.9 Å². The molecule has 0 spiro atoms. The van der Waals surface area contributed by atoms with Crippen LogP contribution in [0.2, 0.25) is 0 Å². The highest BCUT2D eigenvalue weighted by Gasteiger charge is 2.28. The minimum atomic E-state index is -0.913. The molecule has 1 amide bonds. The molecule has 0 saturated carbocycles. The quantitative estimate of drug-likeness (QED) is 0.612. The molecule has 2 N–H and O–H groups in total. The Morgan fingerprint density at radius 1 is 1.24 bits per heavy atom. The molecule has 2 heterocycles. The molecule has 29 heavy (non-hydrogen) atoms. The van der Waals surface area contributed by atoms with E-state index in [1.807, 2.05) is 57.2 Å². The molecule has 4 rings (SSSR count). The van der Waals surface area contributed by atoms with E-state index in [2.05, 4.69) is 16.4 Å². The van der Waals surface area contributed by atoms with Gasteiger partial charge in [-0.25, -0.2) is 9.78 Å². The third-order valence-corrected chi connectivity index (χ3v) is 5.78. The van der Waals surface area contributed by atoms with Crippen LogP contribution in [0.4, 0.5) is 9.93 Å². The van der Waals surface area contributed by atoms with Crippen molar-refractivity contribution >= 4 is 32.8 Å². The molecule has 3 aromatic rings. The second-order valence-electron chi connectivity index (χ2n) is 8.17. The number of thiazole rings is 1. The van der Waals surface area contributed by atoms with Gasteiger partial charge in [-0.2, -0.15) is 0 Å². The van der Waals surface area contributed by atoms with Crippen LogP contribution in [0.1, 0.15) is 43.7 Å². The van der Waals surface area contributed by atoms with Gasteiger partial charge in [0, 0.05) is 18.7 Å². The second kappa shape index (κ2) is 7.65. The van der Waals surface area contributed by atoms with Crippen molar-refractivity contribution < 1.29 is 14.6 Å². The van der Waals surface area contributed by atoms with E-state index in [4.69, 9.17) is 4.74 Å². The van der Waals surface area contributed by atoms with Crippen LogP contribution in [-0.2, 0) is 17.7 Å². The number of amides is 1. The van der Waals surface area contributed by atoms with Crippen LogP contribution in [0.3, 0.4) is 0 Å². The molecule has 1 aliphatic heterocycles. The van der Waals surface area contributed by atoms with Gasteiger partial charge in [0.15, 0.2) is 11.4 Å². The number of benzene rings is 2. The van der Waals surface area contributed by atoms with Crippen molar-refractivity contribution in [3.05, 3.63) is 59.2 Å². The average molecular weight is 412 g/mol.